The molecular weight excluding hydrogens is 419 g/mol. The molecule has 3 N–H and O–H groups in total. The summed E-state index contributed by atoms with van der Waals surface area (Å²) in [5.41, 5.74) is 11.0. The van der Waals surface area contributed by atoms with Crippen LogP contribution in [0.25, 0.3) is 0 Å². The molecule has 1 aliphatic rings. The number of thiazole rings is 1. The molecule has 1 aromatic carbocycles. The van der Waals surface area contributed by atoms with Crippen molar-refractivity contribution in [2.24, 2.45) is 10.7 Å². The maximum absolute atomic E-state index is 5.98. The van der Waals surface area contributed by atoms with E-state index < -0.39 is 0 Å². The first-order valence-corrected chi connectivity index (χ1v) is 8.63. The van der Waals surface area contributed by atoms with Crippen molar-refractivity contribution in [1.82, 2.24) is 4.98 Å². The Morgan fingerprint density at radius 2 is 2.13 bits per heavy atom. The van der Waals surface area contributed by atoms with Crippen LogP contribution < -0.4 is 11.1 Å². The van der Waals surface area contributed by atoms with Gasteiger partial charge >= 0.3 is 0 Å². The molecule has 0 radical (unpaired) electrons. The third-order valence-corrected chi connectivity index (χ3v) is 4.77. The molecule has 0 unspecified atom stereocenters. The minimum Gasteiger partial charge on any atom is -0.370 e. The van der Waals surface area contributed by atoms with Gasteiger partial charge in [-0.3, -0.25) is 0 Å². The largest absolute Gasteiger partial charge is 0.370 e. The van der Waals surface area contributed by atoms with Gasteiger partial charge in [-0.15, -0.1) is 35.3 Å². The van der Waals surface area contributed by atoms with Gasteiger partial charge in [0.2, 0.25) is 0 Å². The Labute approximate surface area is 158 Å². The molecule has 0 amide bonds. The van der Waals surface area contributed by atoms with Gasteiger partial charge in [0.05, 0.1) is 12.2 Å². The average molecular weight is 442 g/mol. The Hall–Kier alpha value is -1.15. The summed E-state index contributed by atoms with van der Waals surface area (Å²) in [4.78, 5) is 8.95. The molecule has 6 heteroatoms. The molecule has 1 aliphatic carbocycles. The molecule has 1 aromatic heterocycles. The van der Waals surface area contributed by atoms with Gasteiger partial charge in [-0.1, -0.05) is 19.9 Å². The minimum atomic E-state index is 0. The van der Waals surface area contributed by atoms with Crippen LogP contribution in [-0.4, -0.2) is 10.9 Å². The third kappa shape index (κ3) is 4.67. The van der Waals surface area contributed by atoms with E-state index in [9.17, 15) is 0 Å². The second kappa shape index (κ2) is 8.10. The predicted octanol–water partition coefficient (Wildman–Crippen LogP) is 4.30. The van der Waals surface area contributed by atoms with Gasteiger partial charge in [0, 0.05) is 11.1 Å². The summed E-state index contributed by atoms with van der Waals surface area (Å²) in [6.07, 6.45) is 3.62. The highest BCUT2D eigenvalue weighted by Crippen LogP contribution is 2.24. The van der Waals surface area contributed by atoms with Gasteiger partial charge in [0.1, 0.15) is 5.01 Å². The number of aliphatic imine (C=N–C) groups is 1. The molecule has 23 heavy (non-hydrogen) atoms. The minimum absolute atomic E-state index is 0. The van der Waals surface area contributed by atoms with Crippen molar-refractivity contribution in [2.75, 3.05) is 5.32 Å². The summed E-state index contributed by atoms with van der Waals surface area (Å²) >= 11 is 1.64. The van der Waals surface area contributed by atoms with Crippen molar-refractivity contribution < 1.29 is 0 Å². The van der Waals surface area contributed by atoms with Gasteiger partial charge in [-0.05, 0) is 48.4 Å². The van der Waals surface area contributed by atoms with Crippen LogP contribution >= 0.6 is 35.3 Å². The second-order valence-corrected chi connectivity index (χ2v) is 6.93. The number of hydrogen-bond acceptors (Lipinski definition) is 3. The lowest BCUT2D eigenvalue weighted by molar-refractivity contribution is 0.821. The van der Waals surface area contributed by atoms with Crippen molar-refractivity contribution >= 4 is 47.0 Å². The number of aryl methyl sites for hydroxylation is 2. The quantitative estimate of drug-likeness (QED) is 0.422. The van der Waals surface area contributed by atoms with E-state index >= 15 is 0 Å². The van der Waals surface area contributed by atoms with Crippen LogP contribution in [0, 0.1) is 0 Å². The second-order valence-electron chi connectivity index (χ2n) is 5.98. The topological polar surface area (TPSA) is 63.3 Å². The van der Waals surface area contributed by atoms with Crippen molar-refractivity contribution in [3.8, 4) is 0 Å². The van der Waals surface area contributed by atoms with Crippen LogP contribution in [0.3, 0.4) is 0 Å². The molecule has 2 aromatic rings. The summed E-state index contributed by atoms with van der Waals surface area (Å²) < 4.78 is 0. The zero-order chi connectivity index (χ0) is 15.5. The Morgan fingerprint density at radius 3 is 2.87 bits per heavy atom. The molecule has 124 valence electrons. The summed E-state index contributed by atoms with van der Waals surface area (Å²) in [5, 5.41) is 6.28. The highest BCUT2D eigenvalue weighted by atomic mass is 127. The Kier molecular flexibility index (Phi) is 6.41. The smallest absolute Gasteiger partial charge is 0.193 e. The van der Waals surface area contributed by atoms with E-state index in [1.807, 2.05) is 0 Å². The van der Waals surface area contributed by atoms with Crippen molar-refractivity contribution in [3.05, 3.63) is 45.4 Å². The normalized spacial score (nSPS) is 13.8. The molecule has 3 rings (SSSR count). The van der Waals surface area contributed by atoms with E-state index in [0.717, 1.165) is 16.4 Å². The Balaban J connectivity index is 0.00000192. The maximum atomic E-state index is 5.98. The number of halogens is 1. The highest BCUT2D eigenvalue weighted by Gasteiger charge is 2.11. The van der Waals surface area contributed by atoms with Crippen LogP contribution in [0.1, 0.15) is 48.0 Å². The molecule has 0 fully saturated rings. The van der Waals surface area contributed by atoms with Crippen LogP contribution in [0.2, 0.25) is 0 Å². The first kappa shape index (κ1) is 18.2. The number of nitrogens with zero attached hydrogens (tertiary/aromatic N) is 2. The molecule has 0 saturated heterocycles. The lowest BCUT2D eigenvalue weighted by atomic mass is 10.1. The fraction of sp³-hybridized carbons (Fsp3) is 0.412. The summed E-state index contributed by atoms with van der Waals surface area (Å²) in [5.74, 6) is 0.898. The first-order valence-electron chi connectivity index (χ1n) is 7.75. The van der Waals surface area contributed by atoms with E-state index in [-0.39, 0.29) is 24.0 Å². The van der Waals surface area contributed by atoms with E-state index in [0.29, 0.717) is 18.4 Å². The summed E-state index contributed by atoms with van der Waals surface area (Å²) in [6.45, 7) is 4.82. The predicted molar refractivity (Wildman–Crippen MR) is 109 cm³/mol. The fourth-order valence-corrected chi connectivity index (χ4v) is 3.53. The molecule has 1 heterocycles. The van der Waals surface area contributed by atoms with Gasteiger partial charge in [0.15, 0.2) is 5.96 Å². The number of nitrogens with two attached hydrogens (primary N) is 1. The summed E-state index contributed by atoms with van der Waals surface area (Å²) in [7, 11) is 0. The molecule has 0 atom stereocenters. The van der Waals surface area contributed by atoms with Gasteiger partial charge in [-0.25, -0.2) is 9.98 Å². The lowest BCUT2D eigenvalue weighted by Crippen LogP contribution is -2.22. The number of rotatable bonds is 4. The highest BCUT2D eigenvalue weighted by molar-refractivity contribution is 14.0. The number of hydrogen-bond donors (Lipinski definition) is 2. The molecule has 0 bridgehead atoms. The zero-order valence-electron chi connectivity index (χ0n) is 13.5. The van der Waals surface area contributed by atoms with Gasteiger partial charge < -0.3 is 11.1 Å². The van der Waals surface area contributed by atoms with E-state index in [1.54, 1.807) is 11.3 Å². The first-order chi connectivity index (χ1) is 10.6. The van der Waals surface area contributed by atoms with E-state index in [4.69, 9.17) is 5.73 Å². The van der Waals surface area contributed by atoms with Crippen molar-refractivity contribution in [1.29, 1.82) is 0 Å². The number of fused-ring (bicyclic) bond motifs is 1. The maximum Gasteiger partial charge on any atom is 0.193 e. The van der Waals surface area contributed by atoms with E-state index in [1.165, 1.54) is 30.4 Å². The third-order valence-electron chi connectivity index (χ3n) is 3.92. The Morgan fingerprint density at radius 1 is 1.35 bits per heavy atom. The van der Waals surface area contributed by atoms with Gasteiger partial charge in [0.25, 0.3) is 0 Å². The zero-order valence-corrected chi connectivity index (χ0v) is 16.7. The number of nitrogens with one attached hydrogen (secondary N) is 1. The number of anilines is 1. The van der Waals surface area contributed by atoms with Crippen molar-refractivity contribution in [2.45, 2.75) is 45.6 Å². The van der Waals surface area contributed by atoms with Crippen LogP contribution in [-0.2, 0) is 19.4 Å². The van der Waals surface area contributed by atoms with Crippen LogP contribution in [0.15, 0.2) is 28.6 Å². The van der Waals surface area contributed by atoms with Crippen LogP contribution in [0.4, 0.5) is 5.69 Å². The SMILES string of the molecule is CC(C)c1csc(CN=C(N)Nc2ccc3c(c2)CCC3)n1.I. The van der Waals surface area contributed by atoms with Crippen molar-refractivity contribution in [3.63, 3.8) is 0 Å². The fourth-order valence-electron chi connectivity index (χ4n) is 2.65. The molecule has 4 nitrogen and oxygen atoms in total. The molecule has 0 aliphatic heterocycles. The van der Waals surface area contributed by atoms with Gasteiger partial charge in [-0.2, -0.15) is 0 Å². The summed E-state index contributed by atoms with van der Waals surface area (Å²) in [6, 6.07) is 6.45. The number of guanidine groups is 1. The molecular formula is C17H23IN4S. The number of aromatic nitrogens is 1. The van der Waals surface area contributed by atoms with Crippen LogP contribution in [0.5, 0.6) is 0 Å². The molecule has 0 saturated carbocycles. The standard InChI is InChI=1S/C17H22N4S.HI/c1-11(2)15-10-22-16(21-15)9-19-17(18)20-14-7-6-12-4-3-5-13(12)8-14;/h6-8,10-11H,3-5,9H2,1-2H3,(H3,18,19,20);1H. The molecule has 0 spiro atoms. The average Bonchev–Trinajstić information content (AvgIpc) is 3.13. The lowest BCUT2D eigenvalue weighted by Gasteiger charge is -2.07. The Bertz CT molecular complexity index is 694. The monoisotopic (exact) mass is 442 g/mol. The van der Waals surface area contributed by atoms with E-state index in [2.05, 4.69) is 52.7 Å². The number of benzene rings is 1.